The van der Waals surface area contributed by atoms with Gasteiger partial charge < -0.3 is 9.47 Å². The molecule has 0 unspecified atom stereocenters. The van der Waals surface area contributed by atoms with Crippen molar-refractivity contribution < 1.29 is 14.3 Å². The van der Waals surface area contributed by atoms with Crippen molar-refractivity contribution in [2.75, 3.05) is 13.2 Å². The van der Waals surface area contributed by atoms with Crippen molar-refractivity contribution in [3.8, 4) is 11.5 Å². The first-order valence-corrected chi connectivity index (χ1v) is 6.86. The van der Waals surface area contributed by atoms with Crippen LogP contribution in [0.2, 0.25) is 0 Å². The Labute approximate surface area is 115 Å². The molecule has 2 aromatic rings. The van der Waals surface area contributed by atoms with Gasteiger partial charge in [0.15, 0.2) is 17.3 Å². The van der Waals surface area contributed by atoms with Gasteiger partial charge in [0.1, 0.15) is 13.2 Å². The molecule has 1 aliphatic rings. The Kier molecular flexibility index (Phi) is 3.33. The molecule has 0 N–H and O–H groups in total. The summed E-state index contributed by atoms with van der Waals surface area (Å²) in [7, 11) is 0. The maximum Gasteiger partial charge on any atom is 0.186 e. The van der Waals surface area contributed by atoms with E-state index in [1.165, 1.54) is 0 Å². The van der Waals surface area contributed by atoms with Crippen molar-refractivity contribution in [1.82, 2.24) is 0 Å². The van der Waals surface area contributed by atoms with E-state index in [0.29, 0.717) is 30.3 Å². The normalized spacial score (nSPS) is 13.7. The molecule has 0 atom stereocenters. The molecule has 2 heterocycles. The van der Waals surface area contributed by atoms with Gasteiger partial charge in [0.05, 0.1) is 0 Å². The molecule has 0 aliphatic carbocycles. The first-order valence-electron chi connectivity index (χ1n) is 5.98. The number of fused-ring (bicyclic) bond motifs is 1. The zero-order chi connectivity index (χ0) is 13.1. The standard InChI is InChI=1S/C15H12O3S/c16-13(5-4-12-2-1-9-19-12)11-3-6-14-15(10-11)18-8-7-17-14/h1-6,9-10H,7-8H2. The third-order valence-electron chi connectivity index (χ3n) is 2.77. The number of hydrogen-bond acceptors (Lipinski definition) is 4. The molecule has 0 saturated carbocycles. The van der Waals surface area contributed by atoms with Crippen molar-refractivity contribution in [2.24, 2.45) is 0 Å². The summed E-state index contributed by atoms with van der Waals surface area (Å²) in [5.74, 6) is 1.30. The highest BCUT2D eigenvalue weighted by molar-refractivity contribution is 7.10. The van der Waals surface area contributed by atoms with Gasteiger partial charge in [0.2, 0.25) is 0 Å². The van der Waals surface area contributed by atoms with E-state index in [1.807, 2.05) is 23.6 Å². The molecule has 96 valence electrons. The van der Waals surface area contributed by atoms with Crippen LogP contribution in [0.3, 0.4) is 0 Å². The predicted molar refractivity (Wildman–Crippen MR) is 75.1 cm³/mol. The van der Waals surface area contributed by atoms with Crippen LogP contribution in [0.4, 0.5) is 0 Å². The van der Waals surface area contributed by atoms with Gasteiger partial charge in [-0.1, -0.05) is 6.07 Å². The molecule has 3 rings (SSSR count). The van der Waals surface area contributed by atoms with E-state index in [9.17, 15) is 4.79 Å². The number of hydrogen-bond donors (Lipinski definition) is 0. The van der Waals surface area contributed by atoms with Gasteiger partial charge in [-0.3, -0.25) is 4.79 Å². The second-order valence-electron chi connectivity index (χ2n) is 4.07. The van der Waals surface area contributed by atoms with Gasteiger partial charge in [0.25, 0.3) is 0 Å². The molecule has 4 heteroatoms. The highest BCUT2D eigenvalue weighted by atomic mass is 32.1. The summed E-state index contributed by atoms with van der Waals surface area (Å²) in [6, 6.07) is 9.20. The van der Waals surface area contributed by atoms with E-state index in [1.54, 1.807) is 35.6 Å². The van der Waals surface area contributed by atoms with E-state index in [4.69, 9.17) is 9.47 Å². The van der Waals surface area contributed by atoms with E-state index >= 15 is 0 Å². The minimum Gasteiger partial charge on any atom is -0.486 e. The summed E-state index contributed by atoms with van der Waals surface area (Å²) in [5.41, 5.74) is 0.608. The fourth-order valence-electron chi connectivity index (χ4n) is 1.84. The Morgan fingerprint density at radius 1 is 1.16 bits per heavy atom. The van der Waals surface area contributed by atoms with Crippen LogP contribution >= 0.6 is 11.3 Å². The van der Waals surface area contributed by atoms with Crippen molar-refractivity contribution in [3.05, 3.63) is 52.2 Å². The van der Waals surface area contributed by atoms with Crippen LogP contribution in [-0.4, -0.2) is 19.0 Å². The van der Waals surface area contributed by atoms with Gasteiger partial charge in [-0.2, -0.15) is 0 Å². The lowest BCUT2D eigenvalue weighted by Gasteiger charge is -2.18. The van der Waals surface area contributed by atoms with Crippen LogP contribution in [0.15, 0.2) is 41.8 Å². The molecule has 0 bridgehead atoms. The largest absolute Gasteiger partial charge is 0.486 e. The van der Waals surface area contributed by atoms with E-state index < -0.39 is 0 Å². The summed E-state index contributed by atoms with van der Waals surface area (Å²) < 4.78 is 10.9. The van der Waals surface area contributed by atoms with Gasteiger partial charge in [0, 0.05) is 10.4 Å². The molecular weight excluding hydrogens is 260 g/mol. The third kappa shape index (κ3) is 2.69. The van der Waals surface area contributed by atoms with Gasteiger partial charge >= 0.3 is 0 Å². The fraction of sp³-hybridized carbons (Fsp3) is 0.133. The molecule has 0 fully saturated rings. The average molecular weight is 272 g/mol. The lowest BCUT2D eigenvalue weighted by molar-refractivity contribution is 0.104. The number of ether oxygens (including phenoxy) is 2. The van der Waals surface area contributed by atoms with E-state index in [-0.39, 0.29) is 5.78 Å². The van der Waals surface area contributed by atoms with E-state index in [2.05, 4.69) is 0 Å². The molecule has 1 aliphatic heterocycles. The molecule has 1 aromatic carbocycles. The van der Waals surface area contributed by atoms with E-state index in [0.717, 1.165) is 4.88 Å². The van der Waals surface area contributed by atoms with Gasteiger partial charge in [-0.15, -0.1) is 11.3 Å². The maximum absolute atomic E-state index is 12.0. The molecule has 0 radical (unpaired) electrons. The highest BCUT2D eigenvalue weighted by Gasteiger charge is 2.13. The Hall–Kier alpha value is -2.07. The SMILES string of the molecule is O=C(C=Cc1cccs1)c1ccc2c(c1)OCCO2. The number of benzene rings is 1. The van der Waals surface area contributed by atoms with Crippen LogP contribution in [0.1, 0.15) is 15.2 Å². The van der Waals surface area contributed by atoms with Crippen molar-refractivity contribution in [3.63, 3.8) is 0 Å². The number of ketones is 1. The number of carbonyl (C=O) groups excluding carboxylic acids is 1. The van der Waals surface area contributed by atoms with Crippen LogP contribution in [-0.2, 0) is 0 Å². The summed E-state index contributed by atoms with van der Waals surface area (Å²) in [4.78, 5) is 13.1. The topological polar surface area (TPSA) is 35.5 Å². The first-order chi connectivity index (χ1) is 9.33. The molecule has 0 saturated heterocycles. The molecule has 0 amide bonds. The Bertz CT molecular complexity index is 614. The van der Waals surface area contributed by atoms with Crippen LogP contribution in [0.25, 0.3) is 6.08 Å². The highest BCUT2D eigenvalue weighted by Crippen LogP contribution is 2.31. The Balaban J connectivity index is 1.80. The molecular formula is C15H12O3S. The maximum atomic E-state index is 12.0. The smallest absolute Gasteiger partial charge is 0.186 e. The minimum atomic E-state index is -0.0367. The van der Waals surface area contributed by atoms with Gasteiger partial charge in [-0.05, 0) is 41.8 Å². The molecule has 19 heavy (non-hydrogen) atoms. The second kappa shape index (κ2) is 5.28. The summed E-state index contributed by atoms with van der Waals surface area (Å²) in [6.45, 7) is 1.08. The summed E-state index contributed by atoms with van der Waals surface area (Å²) >= 11 is 1.60. The zero-order valence-electron chi connectivity index (χ0n) is 10.2. The number of carbonyl (C=O) groups is 1. The minimum absolute atomic E-state index is 0.0367. The first kappa shape index (κ1) is 12.0. The van der Waals surface area contributed by atoms with Crippen LogP contribution in [0.5, 0.6) is 11.5 Å². The third-order valence-corrected chi connectivity index (χ3v) is 3.61. The predicted octanol–water partition coefficient (Wildman–Crippen LogP) is 3.42. The lowest BCUT2D eigenvalue weighted by Crippen LogP contribution is -2.15. The Morgan fingerprint density at radius 3 is 2.79 bits per heavy atom. The van der Waals surface area contributed by atoms with Crippen LogP contribution in [0, 0.1) is 0 Å². The van der Waals surface area contributed by atoms with Crippen molar-refractivity contribution in [2.45, 2.75) is 0 Å². The molecule has 3 nitrogen and oxygen atoms in total. The average Bonchev–Trinajstić information content (AvgIpc) is 2.97. The summed E-state index contributed by atoms with van der Waals surface area (Å²) in [6.07, 6.45) is 3.40. The number of thiophene rings is 1. The van der Waals surface area contributed by atoms with Crippen LogP contribution < -0.4 is 9.47 Å². The zero-order valence-corrected chi connectivity index (χ0v) is 11.0. The second-order valence-corrected chi connectivity index (χ2v) is 5.05. The van der Waals surface area contributed by atoms with Crippen molar-refractivity contribution >= 4 is 23.2 Å². The van der Waals surface area contributed by atoms with Gasteiger partial charge in [-0.25, -0.2) is 0 Å². The Morgan fingerprint density at radius 2 is 2.00 bits per heavy atom. The monoisotopic (exact) mass is 272 g/mol. The fourth-order valence-corrected chi connectivity index (χ4v) is 2.45. The molecule has 1 aromatic heterocycles. The number of rotatable bonds is 3. The van der Waals surface area contributed by atoms with Crippen molar-refractivity contribution in [1.29, 1.82) is 0 Å². The lowest BCUT2D eigenvalue weighted by atomic mass is 10.1. The molecule has 0 spiro atoms. The summed E-state index contributed by atoms with van der Waals surface area (Å²) in [5, 5.41) is 1.98. The quantitative estimate of drug-likeness (QED) is 0.634. The number of allylic oxidation sites excluding steroid dienone is 1.